The average molecular weight is 155 g/mol. The molecule has 0 unspecified atom stereocenters. The third-order valence-corrected chi connectivity index (χ3v) is 2.25. The van der Waals surface area contributed by atoms with Crippen LogP contribution in [0.1, 0.15) is 25.5 Å². The molecule has 0 N–H and O–H groups in total. The van der Waals surface area contributed by atoms with Gasteiger partial charge in [-0.1, -0.05) is 5.21 Å². The lowest BCUT2D eigenvalue weighted by Gasteiger charge is -2.06. The van der Waals surface area contributed by atoms with Gasteiger partial charge in [0.1, 0.15) is 5.69 Å². The van der Waals surface area contributed by atoms with Gasteiger partial charge in [0.15, 0.2) is 0 Å². The highest BCUT2D eigenvalue weighted by Gasteiger charge is 2.42. The van der Waals surface area contributed by atoms with Crippen LogP contribution in [0.5, 0.6) is 0 Å². The van der Waals surface area contributed by atoms with Crippen molar-refractivity contribution in [1.82, 2.24) is 15.0 Å². The Morgan fingerprint density at radius 1 is 1.55 bits per heavy atom. The molecular weight excluding hydrogens is 145 g/mol. The molecule has 0 bridgehead atoms. The van der Waals surface area contributed by atoms with Crippen molar-refractivity contribution in [3.63, 3.8) is 0 Å². The van der Waals surface area contributed by atoms with Gasteiger partial charge in [-0.3, -0.25) is 0 Å². The summed E-state index contributed by atoms with van der Waals surface area (Å²) in [7, 11) is 0. The summed E-state index contributed by atoms with van der Waals surface area (Å²) in [6, 6.07) is 0. The largest absolute Gasteiger partial charge is 0.235 e. The second-order valence-corrected chi connectivity index (χ2v) is 3.37. The Kier molecular flexibility index (Phi) is 1.11. The Morgan fingerprint density at radius 3 is 2.55 bits per heavy atom. The van der Waals surface area contributed by atoms with Gasteiger partial charge < -0.3 is 0 Å². The van der Waals surface area contributed by atoms with Crippen LogP contribution in [0.3, 0.4) is 0 Å². The van der Waals surface area contributed by atoms with E-state index in [1.165, 1.54) is 4.68 Å². The summed E-state index contributed by atoms with van der Waals surface area (Å²) >= 11 is 0. The van der Waals surface area contributed by atoms with Crippen LogP contribution in [0, 0.1) is 12.9 Å². The van der Waals surface area contributed by atoms with Crippen molar-refractivity contribution < 1.29 is 4.39 Å². The molecule has 1 heterocycles. The molecule has 4 heteroatoms. The molecule has 0 spiro atoms. The van der Waals surface area contributed by atoms with Crippen LogP contribution < -0.4 is 0 Å². The van der Waals surface area contributed by atoms with Gasteiger partial charge in [-0.05, 0) is 26.7 Å². The quantitative estimate of drug-likeness (QED) is 0.610. The van der Waals surface area contributed by atoms with Crippen LogP contribution in [-0.4, -0.2) is 15.0 Å². The molecule has 0 aliphatic heterocycles. The molecule has 0 amide bonds. The van der Waals surface area contributed by atoms with Gasteiger partial charge in [-0.2, -0.15) is 4.39 Å². The van der Waals surface area contributed by atoms with Gasteiger partial charge in [0.2, 0.25) is 5.95 Å². The van der Waals surface area contributed by atoms with Crippen molar-refractivity contribution in [3.8, 4) is 0 Å². The molecule has 11 heavy (non-hydrogen) atoms. The zero-order valence-electron chi connectivity index (χ0n) is 6.63. The summed E-state index contributed by atoms with van der Waals surface area (Å²) in [4.78, 5) is 0. The van der Waals surface area contributed by atoms with Crippen LogP contribution in [-0.2, 0) is 5.54 Å². The zero-order valence-corrected chi connectivity index (χ0v) is 6.63. The van der Waals surface area contributed by atoms with Crippen LogP contribution in [0.25, 0.3) is 0 Å². The van der Waals surface area contributed by atoms with Crippen molar-refractivity contribution in [2.24, 2.45) is 0 Å². The van der Waals surface area contributed by atoms with E-state index in [0.717, 1.165) is 12.8 Å². The standard InChI is InChI=1S/C7H10FN3/c1-5-6(8)11(10-9-5)7(2)3-4-7/h3-4H2,1-2H3. The predicted molar refractivity (Wildman–Crippen MR) is 37.6 cm³/mol. The van der Waals surface area contributed by atoms with E-state index in [9.17, 15) is 4.39 Å². The molecule has 1 aromatic rings. The Balaban J connectivity index is 2.45. The maximum atomic E-state index is 13.1. The summed E-state index contributed by atoms with van der Waals surface area (Å²) in [5, 5.41) is 7.40. The number of aryl methyl sites for hydroxylation is 1. The third kappa shape index (κ3) is 0.852. The molecule has 60 valence electrons. The number of hydrogen-bond donors (Lipinski definition) is 0. The Bertz CT molecular complexity index is 288. The van der Waals surface area contributed by atoms with Crippen molar-refractivity contribution >= 4 is 0 Å². The molecule has 1 aliphatic rings. The fraction of sp³-hybridized carbons (Fsp3) is 0.714. The van der Waals surface area contributed by atoms with Gasteiger partial charge in [0.25, 0.3) is 0 Å². The second-order valence-electron chi connectivity index (χ2n) is 3.37. The molecule has 1 saturated carbocycles. The van der Waals surface area contributed by atoms with Crippen LogP contribution in [0.15, 0.2) is 0 Å². The van der Waals surface area contributed by atoms with Crippen LogP contribution >= 0.6 is 0 Å². The lowest BCUT2D eigenvalue weighted by molar-refractivity contribution is 0.372. The van der Waals surface area contributed by atoms with Crippen molar-refractivity contribution in [1.29, 1.82) is 0 Å². The van der Waals surface area contributed by atoms with Crippen molar-refractivity contribution in [3.05, 3.63) is 11.6 Å². The Hall–Kier alpha value is -0.930. The number of aromatic nitrogens is 3. The highest BCUT2D eigenvalue weighted by molar-refractivity contribution is 5.01. The number of hydrogen-bond acceptors (Lipinski definition) is 2. The minimum atomic E-state index is -0.287. The molecule has 1 aromatic heterocycles. The number of halogens is 1. The first-order chi connectivity index (χ1) is 5.13. The molecule has 1 fully saturated rings. The summed E-state index contributed by atoms with van der Waals surface area (Å²) < 4.78 is 14.5. The minimum absolute atomic E-state index is 0.0780. The third-order valence-electron chi connectivity index (χ3n) is 2.25. The first kappa shape index (κ1) is 6.76. The van der Waals surface area contributed by atoms with Crippen molar-refractivity contribution in [2.75, 3.05) is 0 Å². The molecular formula is C7H10FN3. The number of rotatable bonds is 1. The first-order valence-electron chi connectivity index (χ1n) is 3.72. The zero-order chi connectivity index (χ0) is 8.06. The molecule has 0 saturated heterocycles. The smallest absolute Gasteiger partial charge is 0.213 e. The summed E-state index contributed by atoms with van der Waals surface area (Å²) in [6.07, 6.45) is 2.01. The lowest BCUT2D eigenvalue weighted by atomic mass is 10.3. The molecule has 2 rings (SSSR count). The summed E-state index contributed by atoms with van der Waals surface area (Å²) in [6.45, 7) is 3.62. The van der Waals surface area contributed by atoms with E-state index in [4.69, 9.17) is 0 Å². The van der Waals surface area contributed by atoms with Gasteiger partial charge in [-0.25, -0.2) is 4.68 Å². The maximum absolute atomic E-state index is 13.1. The number of nitrogens with zero attached hydrogens (tertiary/aromatic N) is 3. The first-order valence-corrected chi connectivity index (χ1v) is 3.72. The maximum Gasteiger partial charge on any atom is 0.235 e. The second kappa shape index (κ2) is 1.81. The van der Waals surface area contributed by atoms with Crippen LogP contribution in [0.4, 0.5) is 4.39 Å². The Morgan fingerprint density at radius 2 is 2.18 bits per heavy atom. The van der Waals surface area contributed by atoms with E-state index in [2.05, 4.69) is 10.3 Å². The van der Waals surface area contributed by atoms with Crippen molar-refractivity contribution in [2.45, 2.75) is 32.2 Å². The normalized spacial score (nSPS) is 20.3. The monoisotopic (exact) mass is 155 g/mol. The van der Waals surface area contributed by atoms with E-state index in [1.807, 2.05) is 6.92 Å². The van der Waals surface area contributed by atoms with E-state index >= 15 is 0 Å². The minimum Gasteiger partial charge on any atom is -0.213 e. The SMILES string of the molecule is Cc1nnn(C2(C)CC2)c1F. The Labute approximate surface area is 64.2 Å². The molecule has 3 nitrogen and oxygen atoms in total. The van der Waals surface area contributed by atoms with Gasteiger partial charge >= 0.3 is 0 Å². The average Bonchev–Trinajstić information content (AvgIpc) is 2.60. The fourth-order valence-electron chi connectivity index (χ4n) is 1.08. The summed E-state index contributed by atoms with van der Waals surface area (Å²) in [5.41, 5.74) is 0.309. The van der Waals surface area contributed by atoms with E-state index in [0.29, 0.717) is 5.69 Å². The highest BCUT2D eigenvalue weighted by Crippen LogP contribution is 2.42. The summed E-state index contributed by atoms with van der Waals surface area (Å²) in [5.74, 6) is -0.287. The molecule has 0 radical (unpaired) electrons. The van der Waals surface area contributed by atoms with E-state index in [1.54, 1.807) is 6.92 Å². The predicted octanol–water partition coefficient (Wildman–Crippen LogP) is 1.23. The van der Waals surface area contributed by atoms with E-state index < -0.39 is 0 Å². The van der Waals surface area contributed by atoms with Crippen LogP contribution in [0.2, 0.25) is 0 Å². The van der Waals surface area contributed by atoms with E-state index in [-0.39, 0.29) is 11.5 Å². The molecule has 0 atom stereocenters. The molecule has 0 aromatic carbocycles. The topological polar surface area (TPSA) is 30.7 Å². The highest BCUT2D eigenvalue weighted by atomic mass is 19.1. The lowest BCUT2D eigenvalue weighted by Crippen LogP contribution is -2.16. The van der Waals surface area contributed by atoms with Gasteiger partial charge in [0, 0.05) is 0 Å². The van der Waals surface area contributed by atoms with Gasteiger partial charge in [0.05, 0.1) is 5.54 Å². The fourth-order valence-corrected chi connectivity index (χ4v) is 1.08. The molecule has 1 aliphatic carbocycles. The van der Waals surface area contributed by atoms with Gasteiger partial charge in [-0.15, -0.1) is 5.10 Å².